The molecule has 1 saturated heterocycles. The van der Waals surface area contributed by atoms with Crippen LogP contribution in [0.5, 0.6) is 0 Å². The molecule has 2 heterocycles. The molecule has 4 rings (SSSR count). The number of halogens is 1. The maximum Gasteiger partial charge on any atom is 0.231 e. The van der Waals surface area contributed by atoms with E-state index in [0.29, 0.717) is 18.9 Å². The summed E-state index contributed by atoms with van der Waals surface area (Å²) in [6, 6.07) is 19.3. The Morgan fingerprint density at radius 2 is 1.96 bits per heavy atom. The number of benzene rings is 2. The second-order valence-electron chi connectivity index (χ2n) is 6.76. The summed E-state index contributed by atoms with van der Waals surface area (Å²) in [5, 5.41) is 7.24. The van der Waals surface area contributed by atoms with Gasteiger partial charge in [-0.3, -0.25) is 14.3 Å². The average Bonchev–Trinajstić information content (AvgIpc) is 3.29. The van der Waals surface area contributed by atoms with Crippen molar-refractivity contribution in [3.63, 3.8) is 0 Å². The Balaban J connectivity index is 1.38. The average molecular weight is 439 g/mol. The first kappa shape index (κ1) is 18.4. The SMILES string of the molecule is O=C(Nc1ccn(Cc2ccccc2)n1)C1CC(=O)N(c2cccc(Br)c2)C1. The van der Waals surface area contributed by atoms with E-state index in [1.165, 1.54) is 0 Å². The zero-order chi connectivity index (χ0) is 19.5. The van der Waals surface area contributed by atoms with E-state index in [0.717, 1.165) is 15.7 Å². The fourth-order valence-electron chi connectivity index (χ4n) is 3.29. The zero-order valence-corrected chi connectivity index (χ0v) is 16.7. The third-order valence-corrected chi connectivity index (χ3v) is 5.19. The Hall–Kier alpha value is -2.93. The molecule has 1 aliphatic rings. The maximum atomic E-state index is 12.6. The number of nitrogens with zero attached hydrogens (tertiary/aromatic N) is 3. The number of aromatic nitrogens is 2. The van der Waals surface area contributed by atoms with Gasteiger partial charge in [0.2, 0.25) is 11.8 Å². The molecule has 1 unspecified atom stereocenters. The summed E-state index contributed by atoms with van der Waals surface area (Å²) in [6.45, 7) is 1.00. The van der Waals surface area contributed by atoms with E-state index in [1.54, 1.807) is 15.6 Å². The molecule has 2 aromatic carbocycles. The molecule has 0 saturated carbocycles. The maximum absolute atomic E-state index is 12.6. The number of carbonyl (C=O) groups excluding carboxylic acids is 2. The van der Waals surface area contributed by atoms with Gasteiger partial charge in [-0.1, -0.05) is 52.3 Å². The Kier molecular flexibility index (Phi) is 5.25. The van der Waals surface area contributed by atoms with Crippen LogP contribution in [0.3, 0.4) is 0 Å². The quantitative estimate of drug-likeness (QED) is 0.660. The third kappa shape index (κ3) is 4.14. The minimum Gasteiger partial charge on any atom is -0.312 e. The monoisotopic (exact) mass is 438 g/mol. The molecule has 1 fully saturated rings. The number of hydrogen-bond acceptors (Lipinski definition) is 3. The summed E-state index contributed by atoms with van der Waals surface area (Å²) in [5.41, 5.74) is 1.93. The van der Waals surface area contributed by atoms with Crippen molar-refractivity contribution in [3.05, 3.63) is 76.9 Å². The number of hydrogen-bond donors (Lipinski definition) is 1. The number of amides is 2. The van der Waals surface area contributed by atoms with Gasteiger partial charge >= 0.3 is 0 Å². The van der Waals surface area contributed by atoms with E-state index in [2.05, 4.69) is 26.3 Å². The van der Waals surface area contributed by atoms with Gasteiger partial charge in [0, 0.05) is 35.4 Å². The highest BCUT2D eigenvalue weighted by Crippen LogP contribution is 2.27. The van der Waals surface area contributed by atoms with Crippen LogP contribution in [0.2, 0.25) is 0 Å². The molecule has 2 amide bonds. The highest BCUT2D eigenvalue weighted by atomic mass is 79.9. The van der Waals surface area contributed by atoms with Crippen LogP contribution in [0.1, 0.15) is 12.0 Å². The van der Waals surface area contributed by atoms with Gasteiger partial charge in [0.05, 0.1) is 12.5 Å². The summed E-state index contributed by atoms with van der Waals surface area (Å²) in [4.78, 5) is 26.7. The van der Waals surface area contributed by atoms with E-state index in [1.807, 2.05) is 60.8 Å². The van der Waals surface area contributed by atoms with Crippen LogP contribution >= 0.6 is 15.9 Å². The van der Waals surface area contributed by atoms with E-state index in [4.69, 9.17) is 0 Å². The van der Waals surface area contributed by atoms with Crippen molar-refractivity contribution in [1.29, 1.82) is 0 Å². The molecule has 0 spiro atoms. The van der Waals surface area contributed by atoms with Crippen LogP contribution in [0.15, 0.2) is 71.3 Å². The van der Waals surface area contributed by atoms with Gasteiger partial charge < -0.3 is 10.2 Å². The highest BCUT2D eigenvalue weighted by Gasteiger charge is 2.35. The van der Waals surface area contributed by atoms with Crippen molar-refractivity contribution in [3.8, 4) is 0 Å². The predicted octanol–water partition coefficient (Wildman–Crippen LogP) is 3.69. The Bertz CT molecular complexity index is 1000. The normalized spacial score (nSPS) is 16.4. The molecule has 1 atom stereocenters. The van der Waals surface area contributed by atoms with E-state index in [9.17, 15) is 9.59 Å². The number of carbonyl (C=O) groups is 2. The van der Waals surface area contributed by atoms with Crippen LogP contribution in [-0.4, -0.2) is 28.1 Å². The lowest BCUT2D eigenvalue weighted by atomic mass is 10.1. The van der Waals surface area contributed by atoms with Crippen molar-refractivity contribution < 1.29 is 9.59 Å². The largest absolute Gasteiger partial charge is 0.312 e. The van der Waals surface area contributed by atoms with Crippen molar-refractivity contribution in [1.82, 2.24) is 9.78 Å². The van der Waals surface area contributed by atoms with Gasteiger partial charge in [0.15, 0.2) is 5.82 Å². The summed E-state index contributed by atoms with van der Waals surface area (Å²) in [7, 11) is 0. The van der Waals surface area contributed by atoms with Crippen LogP contribution in [-0.2, 0) is 16.1 Å². The number of nitrogens with one attached hydrogen (secondary N) is 1. The lowest BCUT2D eigenvalue weighted by Gasteiger charge is -2.16. The molecule has 7 heteroatoms. The summed E-state index contributed by atoms with van der Waals surface area (Å²) in [5.74, 6) is -0.135. The Morgan fingerprint density at radius 1 is 1.14 bits per heavy atom. The van der Waals surface area contributed by atoms with Crippen molar-refractivity contribution in [2.45, 2.75) is 13.0 Å². The van der Waals surface area contributed by atoms with E-state index < -0.39 is 5.92 Å². The molecule has 142 valence electrons. The van der Waals surface area contributed by atoms with E-state index >= 15 is 0 Å². The summed E-state index contributed by atoms with van der Waals surface area (Å²) in [6.07, 6.45) is 2.03. The van der Waals surface area contributed by atoms with Crippen LogP contribution in [0.25, 0.3) is 0 Å². The number of rotatable bonds is 5. The molecule has 1 aromatic heterocycles. The smallest absolute Gasteiger partial charge is 0.231 e. The highest BCUT2D eigenvalue weighted by molar-refractivity contribution is 9.10. The fourth-order valence-corrected chi connectivity index (χ4v) is 3.68. The standard InChI is InChI=1S/C21H19BrN4O2/c22-17-7-4-8-18(12-17)26-14-16(11-20(26)27)21(28)23-19-9-10-25(24-19)13-15-5-2-1-3-6-15/h1-10,12,16H,11,13-14H2,(H,23,24,28). The van der Waals surface area contributed by atoms with Gasteiger partial charge in [0.1, 0.15) is 0 Å². The molecule has 0 radical (unpaired) electrons. The minimum absolute atomic E-state index is 0.0483. The predicted molar refractivity (Wildman–Crippen MR) is 111 cm³/mol. The van der Waals surface area contributed by atoms with Gasteiger partial charge in [-0.15, -0.1) is 0 Å². The molecule has 28 heavy (non-hydrogen) atoms. The van der Waals surface area contributed by atoms with Crippen molar-refractivity contribution >= 4 is 39.2 Å². The Labute approximate surface area is 171 Å². The summed E-state index contributed by atoms with van der Waals surface area (Å²) >= 11 is 3.42. The first-order valence-electron chi connectivity index (χ1n) is 9.03. The molecule has 0 bridgehead atoms. The molecular formula is C21H19BrN4O2. The fraction of sp³-hybridized carbons (Fsp3) is 0.190. The van der Waals surface area contributed by atoms with E-state index in [-0.39, 0.29) is 18.2 Å². The van der Waals surface area contributed by atoms with Gasteiger partial charge in [-0.05, 0) is 23.8 Å². The molecule has 1 aliphatic heterocycles. The first-order chi connectivity index (χ1) is 13.6. The topological polar surface area (TPSA) is 67.2 Å². The lowest BCUT2D eigenvalue weighted by Crippen LogP contribution is -2.28. The summed E-state index contributed by atoms with van der Waals surface area (Å²) < 4.78 is 2.67. The first-order valence-corrected chi connectivity index (χ1v) is 9.82. The molecular weight excluding hydrogens is 420 g/mol. The second kappa shape index (κ2) is 7.98. The third-order valence-electron chi connectivity index (χ3n) is 4.70. The molecule has 0 aliphatic carbocycles. The lowest BCUT2D eigenvalue weighted by molar-refractivity contribution is -0.122. The zero-order valence-electron chi connectivity index (χ0n) is 15.1. The minimum atomic E-state index is -0.397. The van der Waals surface area contributed by atoms with Gasteiger partial charge in [-0.25, -0.2) is 0 Å². The van der Waals surface area contributed by atoms with Crippen LogP contribution < -0.4 is 10.2 Å². The van der Waals surface area contributed by atoms with Crippen LogP contribution in [0, 0.1) is 5.92 Å². The number of anilines is 2. The van der Waals surface area contributed by atoms with Gasteiger partial charge in [-0.2, -0.15) is 5.10 Å². The van der Waals surface area contributed by atoms with Crippen molar-refractivity contribution in [2.24, 2.45) is 5.92 Å². The Morgan fingerprint density at radius 3 is 2.75 bits per heavy atom. The molecule has 6 nitrogen and oxygen atoms in total. The molecule has 3 aromatic rings. The van der Waals surface area contributed by atoms with Crippen LogP contribution in [0.4, 0.5) is 11.5 Å². The molecule has 1 N–H and O–H groups in total. The van der Waals surface area contributed by atoms with Crippen molar-refractivity contribution in [2.75, 3.05) is 16.8 Å². The second-order valence-corrected chi connectivity index (χ2v) is 7.67. The van der Waals surface area contributed by atoms with Gasteiger partial charge in [0.25, 0.3) is 0 Å².